The summed E-state index contributed by atoms with van der Waals surface area (Å²) in [6.07, 6.45) is 3.25. The Morgan fingerprint density at radius 3 is 2.79 bits per heavy atom. The minimum absolute atomic E-state index is 0.561. The molecule has 0 unspecified atom stereocenters. The van der Waals surface area contributed by atoms with Gasteiger partial charge in [-0.2, -0.15) is 5.26 Å². The fourth-order valence-electron chi connectivity index (χ4n) is 1.50. The average Bonchev–Trinajstić information content (AvgIpc) is 2.45. The van der Waals surface area contributed by atoms with E-state index in [0.717, 1.165) is 30.3 Å². The Kier molecular flexibility index (Phi) is 3.70. The van der Waals surface area contributed by atoms with Gasteiger partial charge in [-0.3, -0.25) is 0 Å². The summed E-state index contributed by atoms with van der Waals surface area (Å²) in [6, 6.07) is 2.11. The van der Waals surface area contributed by atoms with Gasteiger partial charge in [0.15, 0.2) is 5.69 Å². The Labute approximate surface area is 85.2 Å². The zero-order chi connectivity index (χ0) is 10.6. The number of H-pyrrole nitrogens is 1. The fourth-order valence-corrected chi connectivity index (χ4v) is 1.50. The van der Waals surface area contributed by atoms with Crippen LogP contribution < -0.4 is 0 Å². The molecule has 0 bridgehead atoms. The van der Waals surface area contributed by atoms with E-state index in [1.165, 1.54) is 6.42 Å². The molecule has 14 heavy (non-hydrogen) atoms. The molecule has 1 N–H and O–H groups in total. The van der Waals surface area contributed by atoms with Gasteiger partial charge >= 0.3 is 0 Å². The number of nitrogens with one attached hydrogen (secondary N) is 1. The third-order valence-electron chi connectivity index (χ3n) is 2.21. The van der Waals surface area contributed by atoms with Crippen LogP contribution in [-0.4, -0.2) is 9.97 Å². The van der Waals surface area contributed by atoms with Crippen molar-refractivity contribution in [3.8, 4) is 6.07 Å². The molecule has 0 spiro atoms. The maximum absolute atomic E-state index is 8.81. The number of hydrogen-bond donors (Lipinski definition) is 1. The van der Waals surface area contributed by atoms with Gasteiger partial charge in [0.05, 0.1) is 5.69 Å². The first kappa shape index (κ1) is 10.8. The molecule has 0 aromatic carbocycles. The molecule has 0 atom stereocenters. The number of aromatic nitrogens is 2. The molecule has 1 heterocycles. The summed E-state index contributed by atoms with van der Waals surface area (Å²) < 4.78 is 0. The van der Waals surface area contributed by atoms with Crippen LogP contribution in [0.2, 0.25) is 0 Å². The van der Waals surface area contributed by atoms with Crippen LogP contribution >= 0.6 is 0 Å². The predicted molar refractivity (Wildman–Crippen MR) is 55.8 cm³/mol. The monoisotopic (exact) mass is 191 g/mol. The van der Waals surface area contributed by atoms with Crippen LogP contribution in [0.15, 0.2) is 0 Å². The van der Waals surface area contributed by atoms with Crippen molar-refractivity contribution >= 4 is 0 Å². The molecule has 0 aliphatic rings. The Bertz CT molecular complexity index is 331. The molecule has 3 nitrogen and oxygen atoms in total. The Morgan fingerprint density at radius 2 is 2.21 bits per heavy atom. The molecule has 1 aromatic heterocycles. The zero-order valence-corrected chi connectivity index (χ0v) is 9.09. The van der Waals surface area contributed by atoms with Crippen LogP contribution in [-0.2, 0) is 6.42 Å². The summed E-state index contributed by atoms with van der Waals surface area (Å²) in [5, 5.41) is 8.81. The normalized spacial score (nSPS) is 10.5. The van der Waals surface area contributed by atoms with Crippen molar-refractivity contribution in [2.75, 3.05) is 0 Å². The molecule has 0 amide bonds. The minimum atomic E-state index is 0.561. The minimum Gasteiger partial charge on any atom is -0.345 e. The van der Waals surface area contributed by atoms with E-state index in [0.29, 0.717) is 5.69 Å². The van der Waals surface area contributed by atoms with E-state index in [4.69, 9.17) is 5.26 Å². The second-order valence-corrected chi connectivity index (χ2v) is 4.05. The topological polar surface area (TPSA) is 52.5 Å². The van der Waals surface area contributed by atoms with Gasteiger partial charge in [-0.1, -0.05) is 20.3 Å². The lowest BCUT2D eigenvalue weighted by atomic mass is 10.0. The highest BCUT2D eigenvalue weighted by molar-refractivity contribution is 5.27. The highest BCUT2D eigenvalue weighted by atomic mass is 14.9. The molecule has 76 valence electrons. The second kappa shape index (κ2) is 4.80. The first-order valence-electron chi connectivity index (χ1n) is 5.09. The third-order valence-corrected chi connectivity index (χ3v) is 2.21. The van der Waals surface area contributed by atoms with Gasteiger partial charge in [0, 0.05) is 0 Å². The number of nitrogens with zero attached hydrogens (tertiary/aromatic N) is 2. The number of rotatable bonds is 4. The Balaban J connectivity index is 2.54. The van der Waals surface area contributed by atoms with E-state index in [-0.39, 0.29) is 0 Å². The van der Waals surface area contributed by atoms with Crippen molar-refractivity contribution in [1.82, 2.24) is 9.97 Å². The standard InChI is InChI=1S/C11H17N3/c1-8(2)5-4-6-10-11(7-12)14-9(3)13-10/h8H,4-6H2,1-3H3,(H,13,14). The molecule has 0 aliphatic carbocycles. The van der Waals surface area contributed by atoms with Crippen LogP contribution in [0.4, 0.5) is 0 Å². The summed E-state index contributed by atoms with van der Waals surface area (Å²) in [7, 11) is 0. The van der Waals surface area contributed by atoms with Crippen molar-refractivity contribution in [1.29, 1.82) is 5.26 Å². The molecule has 0 fully saturated rings. The molecule has 3 heteroatoms. The number of hydrogen-bond acceptors (Lipinski definition) is 2. The smallest absolute Gasteiger partial charge is 0.161 e. The first-order valence-corrected chi connectivity index (χ1v) is 5.09. The van der Waals surface area contributed by atoms with Crippen LogP contribution in [0.1, 0.15) is 43.9 Å². The van der Waals surface area contributed by atoms with Gasteiger partial charge in [0.25, 0.3) is 0 Å². The lowest BCUT2D eigenvalue weighted by molar-refractivity contribution is 0.553. The van der Waals surface area contributed by atoms with E-state index in [1.807, 2.05) is 6.92 Å². The van der Waals surface area contributed by atoms with Crippen molar-refractivity contribution in [2.45, 2.75) is 40.0 Å². The summed E-state index contributed by atoms with van der Waals surface area (Å²) in [4.78, 5) is 7.25. The molecule has 0 saturated heterocycles. The van der Waals surface area contributed by atoms with Crippen molar-refractivity contribution < 1.29 is 0 Å². The van der Waals surface area contributed by atoms with E-state index in [1.54, 1.807) is 0 Å². The van der Waals surface area contributed by atoms with Gasteiger partial charge in [-0.05, 0) is 25.7 Å². The summed E-state index contributed by atoms with van der Waals surface area (Å²) in [5.74, 6) is 1.56. The van der Waals surface area contributed by atoms with Crippen molar-refractivity contribution in [3.63, 3.8) is 0 Å². The van der Waals surface area contributed by atoms with Gasteiger partial charge in [-0.25, -0.2) is 4.98 Å². The van der Waals surface area contributed by atoms with Gasteiger partial charge in [0.1, 0.15) is 11.9 Å². The van der Waals surface area contributed by atoms with Gasteiger partial charge in [0.2, 0.25) is 0 Å². The van der Waals surface area contributed by atoms with Crippen LogP contribution in [0.3, 0.4) is 0 Å². The fraction of sp³-hybridized carbons (Fsp3) is 0.636. The predicted octanol–water partition coefficient (Wildman–Crippen LogP) is 2.57. The maximum Gasteiger partial charge on any atom is 0.161 e. The molecule has 1 aromatic rings. The molecule has 0 aliphatic heterocycles. The molecular weight excluding hydrogens is 174 g/mol. The van der Waals surface area contributed by atoms with Gasteiger partial charge < -0.3 is 4.98 Å². The quantitative estimate of drug-likeness (QED) is 0.795. The van der Waals surface area contributed by atoms with E-state index in [2.05, 4.69) is 29.9 Å². The molecular formula is C11H17N3. The van der Waals surface area contributed by atoms with E-state index >= 15 is 0 Å². The van der Waals surface area contributed by atoms with E-state index < -0.39 is 0 Å². The van der Waals surface area contributed by atoms with Crippen LogP contribution in [0, 0.1) is 24.2 Å². The van der Waals surface area contributed by atoms with Crippen molar-refractivity contribution in [3.05, 3.63) is 17.2 Å². The van der Waals surface area contributed by atoms with Gasteiger partial charge in [-0.15, -0.1) is 0 Å². The molecule has 0 radical (unpaired) electrons. The number of aromatic amines is 1. The highest BCUT2D eigenvalue weighted by Gasteiger charge is 2.06. The lowest BCUT2D eigenvalue weighted by Gasteiger charge is -2.02. The lowest BCUT2D eigenvalue weighted by Crippen LogP contribution is -1.93. The number of aryl methyl sites for hydroxylation is 2. The van der Waals surface area contributed by atoms with Crippen LogP contribution in [0.5, 0.6) is 0 Å². The van der Waals surface area contributed by atoms with Crippen LogP contribution in [0.25, 0.3) is 0 Å². The summed E-state index contributed by atoms with van der Waals surface area (Å²) >= 11 is 0. The third kappa shape index (κ3) is 2.88. The van der Waals surface area contributed by atoms with E-state index in [9.17, 15) is 0 Å². The number of nitriles is 1. The summed E-state index contributed by atoms with van der Waals surface area (Å²) in [6.45, 7) is 6.31. The Morgan fingerprint density at radius 1 is 1.50 bits per heavy atom. The molecule has 1 rings (SSSR count). The molecule has 0 saturated carbocycles. The summed E-state index contributed by atoms with van der Waals surface area (Å²) in [5.41, 5.74) is 1.55. The number of imidazole rings is 1. The SMILES string of the molecule is Cc1nc(C#N)c(CCCC(C)C)[nH]1. The highest BCUT2D eigenvalue weighted by Crippen LogP contribution is 2.11. The second-order valence-electron chi connectivity index (χ2n) is 4.05. The van der Waals surface area contributed by atoms with Crippen molar-refractivity contribution in [2.24, 2.45) is 5.92 Å². The largest absolute Gasteiger partial charge is 0.345 e. The first-order chi connectivity index (χ1) is 6.63. The average molecular weight is 191 g/mol. The zero-order valence-electron chi connectivity index (χ0n) is 9.09. The Hall–Kier alpha value is -1.30. The maximum atomic E-state index is 8.81.